The number of carbonyl (C=O) groups is 1. The largest absolute Gasteiger partial charge is 0.383 e. The number of benzene rings is 3. The third-order valence-corrected chi connectivity index (χ3v) is 5.74. The molecule has 2 heterocycles. The van der Waals surface area contributed by atoms with E-state index in [4.69, 9.17) is 15.7 Å². The summed E-state index contributed by atoms with van der Waals surface area (Å²) in [5.41, 5.74) is 12.2. The predicted octanol–water partition coefficient (Wildman–Crippen LogP) is 4.33. The fraction of sp³-hybridized carbons (Fsp3) is 0.111. The second-order valence-corrected chi connectivity index (χ2v) is 8.05. The predicted molar refractivity (Wildman–Crippen MR) is 136 cm³/mol. The van der Waals surface area contributed by atoms with Crippen LogP contribution in [0, 0.1) is 6.92 Å². The van der Waals surface area contributed by atoms with Gasteiger partial charge in [-0.3, -0.25) is 4.79 Å². The number of para-hydroxylation sites is 2. The molecular formula is C27H24N6O. The number of fused-ring (bicyclic) bond motifs is 2. The summed E-state index contributed by atoms with van der Waals surface area (Å²) in [6, 6.07) is 25.4. The van der Waals surface area contributed by atoms with Crippen molar-refractivity contribution in [1.29, 1.82) is 0 Å². The Balaban J connectivity index is 1.55. The maximum Gasteiger partial charge on any atom is 0.257 e. The lowest BCUT2D eigenvalue weighted by atomic mass is 10.1. The minimum atomic E-state index is -0.298. The zero-order chi connectivity index (χ0) is 23.5. The molecule has 0 spiro atoms. The van der Waals surface area contributed by atoms with Crippen molar-refractivity contribution in [1.82, 2.24) is 20.0 Å². The average molecular weight is 449 g/mol. The minimum Gasteiger partial charge on any atom is -0.383 e. The van der Waals surface area contributed by atoms with Gasteiger partial charge in [-0.05, 0) is 42.2 Å². The van der Waals surface area contributed by atoms with E-state index in [9.17, 15) is 4.79 Å². The Bertz CT molecular complexity index is 1520. The van der Waals surface area contributed by atoms with Crippen LogP contribution in [0.2, 0.25) is 0 Å². The Morgan fingerprint density at radius 2 is 1.65 bits per heavy atom. The summed E-state index contributed by atoms with van der Waals surface area (Å²) in [7, 11) is 0. The molecule has 0 aliphatic rings. The summed E-state index contributed by atoms with van der Waals surface area (Å²) in [5.74, 6) is -0.0970. The van der Waals surface area contributed by atoms with Gasteiger partial charge >= 0.3 is 0 Å². The second-order valence-electron chi connectivity index (χ2n) is 8.05. The standard InChI is InChI=1S/C27H24N6O/c1-18-9-5-6-12-20(18)17-30-33-25(28)23(27(34)29-16-15-19-10-3-2-4-11-19)24-26(33)32-22-14-8-7-13-21(22)31-24/h2-14,17H,15-16,28H2,1H3,(H,29,34)/b30-17+. The molecule has 3 aromatic carbocycles. The highest BCUT2D eigenvalue weighted by atomic mass is 16.1. The van der Waals surface area contributed by atoms with Crippen molar-refractivity contribution in [2.24, 2.45) is 5.10 Å². The lowest BCUT2D eigenvalue weighted by Crippen LogP contribution is -2.26. The fourth-order valence-electron chi connectivity index (χ4n) is 3.89. The highest BCUT2D eigenvalue weighted by molar-refractivity contribution is 6.10. The number of nitrogens with two attached hydrogens (primary N) is 1. The lowest BCUT2D eigenvalue weighted by Gasteiger charge is -2.06. The molecule has 0 aliphatic carbocycles. The van der Waals surface area contributed by atoms with Crippen LogP contribution in [-0.4, -0.2) is 33.3 Å². The molecule has 0 saturated carbocycles. The van der Waals surface area contributed by atoms with Gasteiger partial charge < -0.3 is 11.1 Å². The third-order valence-electron chi connectivity index (χ3n) is 5.74. The van der Waals surface area contributed by atoms with Gasteiger partial charge in [0.05, 0.1) is 17.2 Å². The van der Waals surface area contributed by atoms with Crippen molar-refractivity contribution in [3.05, 3.63) is 101 Å². The molecule has 7 heteroatoms. The highest BCUT2D eigenvalue weighted by Gasteiger charge is 2.24. The van der Waals surface area contributed by atoms with Gasteiger partial charge in [0.25, 0.3) is 5.91 Å². The van der Waals surface area contributed by atoms with E-state index in [1.807, 2.05) is 85.8 Å². The van der Waals surface area contributed by atoms with Crippen LogP contribution in [0.5, 0.6) is 0 Å². The number of nitrogens with zero attached hydrogens (tertiary/aromatic N) is 4. The van der Waals surface area contributed by atoms with Crippen molar-refractivity contribution in [2.45, 2.75) is 13.3 Å². The molecule has 1 amide bonds. The molecule has 0 bridgehead atoms. The van der Waals surface area contributed by atoms with E-state index >= 15 is 0 Å². The first-order valence-corrected chi connectivity index (χ1v) is 11.1. The molecule has 34 heavy (non-hydrogen) atoms. The number of carbonyl (C=O) groups excluding carboxylic acids is 1. The SMILES string of the molecule is Cc1ccccc1/C=N/n1c(N)c(C(=O)NCCc2ccccc2)c2nc3ccccc3nc21. The lowest BCUT2D eigenvalue weighted by molar-refractivity contribution is 0.0956. The van der Waals surface area contributed by atoms with Gasteiger partial charge in [0.1, 0.15) is 16.9 Å². The average Bonchev–Trinajstić information content (AvgIpc) is 3.12. The van der Waals surface area contributed by atoms with Crippen LogP contribution in [-0.2, 0) is 6.42 Å². The van der Waals surface area contributed by atoms with Gasteiger partial charge in [-0.15, -0.1) is 0 Å². The minimum absolute atomic E-state index is 0.201. The summed E-state index contributed by atoms with van der Waals surface area (Å²) < 4.78 is 1.49. The van der Waals surface area contributed by atoms with E-state index in [-0.39, 0.29) is 17.3 Å². The van der Waals surface area contributed by atoms with Gasteiger partial charge in [-0.1, -0.05) is 66.7 Å². The zero-order valence-electron chi connectivity index (χ0n) is 18.8. The summed E-state index contributed by atoms with van der Waals surface area (Å²) in [4.78, 5) is 22.7. The fourth-order valence-corrected chi connectivity index (χ4v) is 3.89. The number of hydrogen-bond donors (Lipinski definition) is 2. The van der Waals surface area contributed by atoms with E-state index in [1.54, 1.807) is 6.21 Å². The third kappa shape index (κ3) is 4.11. The highest BCUT2D eigenvalue weighted by Crippen LogP contribution is 2.28. The molecule has 168 valence electrons. The molecular weight excluding hydrogens is 424 g/mol. The molecule has 0 unspecified atom stereocenters. The van der Waals surface area contributed by atoms with Crippen LogP contribution in [0.25, 0.3) is 22.2 Å². The molecule has 7 nitrogen and oxygen atoms in total. The molecule has 3 N–H and O–H groups in total. The molecule has 5 rings (SSSR count). The Morgan fingerprint density at radius 3 is 2.41 bits per heavy atom. The topological polar surface area (TPSA) is 98.2 Å². The van der Waals surface area contributed by atoms with E-state index in [0.717, 1.165) is 16.7 Å². The van der Waals surface area contributed by atoms with Crippen molar-refractivity contribution in [2.75, 3.05) is 12.3 Å². The van der Waals surface area contributed by atoms with Crippen LogP contribution in [0.3, 0.4) is 0 Å². The Morgan fingerprint density at radius 1 is 0.971 bits per heavy atom. The number of nitrogens with one attached hydrogen (secondary N) is 1. The molecule has 0 fully saturated rings. The molecule has 2 aromatic heterocycles. The van der Waals surface area contributed by atoms with Crippen molar-refractivity contribution < 1.29 is 4.79 Å². The normalized spacial score (nSPS) is 11.4. The summed E-state index contributed by atoms with van der Waals surface area (Å²) in [5, 5.41) is 7.56. The second kappa shape index (κ2) is 9.15. The quantitative estimate of drug-likeness (QED) is 0.378. The van der Waals surface area contributed by atoms with Crippen LogP contribution >= 0.6 is 0 Å². The van der Waals surface area contributed by atoms with Crippen molar-refractivity contribution in [3.63, 3.8) is 0 Å². The first kappa shape index (κ1) is 21.3. The van der Waals surface area contributed by atoms with Gasteiger partial charge in [-0.2, -0.15) is 9.78 Å². The van der Waals surface area contributed by atoms with E-state index in [0.29, 0.717) is 35.2 Å². The Labute approximate surface area is 197 Å². The van der Waals surface area contributed by atoms with Crippen LogP contribution < -0.4 is 11.1 Å². The maximum absolute atomic E-state index is 13.2. The monoisotopic (exact) mass is 448 g/mol. The number of rotatable bonds is 6. The summed E-state index contributed by atoms with van der Waals surface area (Å²) in [6.07, 6.45) is 2.43. The smallest absolute Gasteiger partial charge is 0.257 e. The van der Waals surface area contributed by atoms with Gasteiger partial charge in [0, 0.05) is 6.54 Å². The van der Waals surface area contributed by atoms with Crippen LogP contribution in [0.1, 0.15) is 27.0 Å². The first-order chi connectivity index (χ1) is 16.6. The number of amides is 1. The van der Waals surface area contributed by atoms with E-state index in [1.165, 1.54) is 4.68 Å². The Kier molecular flexibility index (Phi) is 5.74. The van der Waals surface area contributed by atoms with Crippen molar-refractivity contribution in [3.8, 4) is 0 Å². The zero-order valence-corrected chi connectivity index (χ0v) is 18.8. The summed E-state index contributed by atoms with van der Waals surface area (Å²) in [6.45, 7) is 2.49. The maximum atomic E-state index is 13.2. The van der Waals surface area contributed by atoms with E-state index < -0.39 is 0 Å². The van der Waals surface area contributed by atoms with Crippen molar-refractivity contribution >= 4 is 40.1 Å². The summed E-state index contributed by atoms with van der Waals surface area (Å²) >= 11 is 0. The van der Waals surface area contributed by atoms with Crippen LogP contribution in [0.15, 0.2) is 84.0 Å². The molecule has 0 aliphatic heterocycles. The van der Waals surface area contributed by atoms with Gasteiger partial charge in [-0.25, -0.2) is 9.97 Å². The molecule has 0 radical (unpaired) electrons. The molecule has 5 aromatic rings. The molecule has 0 saturated heterocycles. The number of aromatic nitrogens is 3. The van der Waals surface area contributed by atoms with Gasteiger partial charge in [0.2, 0.25) is 0 Å². The first-order valence-electron chi connectivity index (χ1n) is 11.1. The van der Waals surface area contributed by atoms with Crippen LogP contribution in [0.4, 0.5) is 5.82 Å². The number of hydrogen-bond acceptors (Lipinski definition) is 5. The number of aryl methyl sites for hydroxylation is 1. The Hall–Kier alpha value is -4.52. The number of anilines is 1. The number of nitrogen functional groups attached to an aromatic ring is 1. The van der Waals surface area contributed by atoms with Gasteiger partial charge in [0.15, 0.2) is 5.65 Å². The molecule has 0 atom stereocenters. The van der Waals surface area contributed by atoms with E-state index in [2.05, 4.69) is 10.4 Å².